The fourth-order valence-electron chi connectivity index (χ4n) is 3.50. The molecule has 0 aliphatic carbocycles. The van der Waals surface area contributed by atoms with E-state index in [0.717, 1.165) is 12.1 Å². The van der Waals surface area contributed by atoms with E-state index in [4.69, 9.17) is 0 Å². The van der Waals surface area contributed by atoms with Crippen molar-refractivity contribution in [1.82, 2.24) is 19.4 Å². The Morgan fingerprint density at radius 2 is 1.83 bits per heavy atom. The summed E-state index contributed by atoms with van der Waals surface area (Å²) in [4.78, 5) is 37.7. The van der Waals surface area contributed by atoms with E-state index in [1.165, 1.54) is 10.1 Å². The monoisotopic (exact) mass is 392 g/mol. The van der Waals surface area contributed by atoms with Gasteiger partial charge in [-0.25, -0.2) is 14.8 Å². The highest BCUT2D eigenvalue weighted by atomic mass is 16.2. The minimum absolute atomic E-state index is 0.127. The number of pyridine rings is 1. The van der Waals surface area contributed by atoms with Crippen molar-refractivity contribution in [3.05, 3.63) is 58.5 Å². The van der Waals surface area contributed by atoms with Crippen LogP contribution in [0.4, 0.5) is 16.3 Å². The molecule has 1 saturated heterocycles. The van der Waals surface area contributed by atoms with E-state index >= 15 is 0 Å². The molecule has 1 N–H and O–H groups in total. The molecule has 0 spiro atoms. The number of nitrogens with zero attached hydrogens (tertiary/aromatic N) is 5. The number of amides is 2. The molecule has 1 aromatic carbocycles. The lowest BCUT2D eigenvalue weighted by atomic mass is 10.1. The summed E-state index contributed by atoms with van der Waals surface area (Å²) in [6.45, 7) is 4.25. The third-order valence-corrected chi connectivity index (χ3v) is 5.29. The summed E-state index contributed by atoms with van der Waals surface area (Å²) in [5.74, 6) is 0.406. The Hall–Kier alpha value is -3.42. The van der Waals surface area contributed by atoms with Crippen LogP contribution in [0, 0.1) is 0 Å². The van der Waals surface area contributed by atoms with Crippen molar-refractivity contribution in [3.63, 3.8) is 0 Å². The van der Waals surface area contributed by atoms with Gasteiger partial charge in [-0.05, 0) is 36.2 Å². The number of anilines is 2. The van der Waals surface area contributed by atoms with E-state index in [0.29, 0.717) is 43.2 Å². The van der Waals surface area contributed by atoms with Crippen molar-refractivity contribution >= 4 is 28.7 Å². The number of nitrogens with one attached hydrogen (secondary N) is 1. The Kier molecular flexibility index (Phi) is 5.16. The van der Waals surface area contributed by atoms with Gasteiger partial charge in [0, 0.05) is 45.1 Å². The molecule has 4 rings (SSSR count). The predicted molar refractivity (Wildman–Crippen MR) is 113 cm³/mol. The van der Waals surface area contributed by atoms with Crippen molar-refractivity contribution in [1.29, 1.82) is 0 Å². The van der Waals surface area contributed by atoms with Crippen LogP contribution in [0.15, 0.2) is 47.4 Å². The van der Waals surface area contributed by atoms with Gasteiger partial charge < -0.3 is 15.1 Å². The van der Waals surface area contributed by atoms with Gasteiger partial charge in [-0.3, -0.25) is 9.36 Å². The molecule has 0 radical (unpaired) electrons. The Bertz CT molecular complexity index is 1080. The van der Waals surface area contributed by atoms with Crippen molar-refractivity contribution in [2.24, 2.45) is 7.05 Å². The van der Waals surface area contributed by atoms with Crippen LogP contribution in [0.1, 0.15) is 12.5 Å². The first-order valence-corrected chi connectivity index (χ1v) is 9.78. The lowest BCUT2D eigenvalue weighted by Gasteiger charge is -2.35. The Balaban J connectivity index is 1.44. The van der Waals surface area contributed by atoms with Crippen LogP contribution in [0.2, 0.25) is 0 Å². The quantitative estimate of drug-likeness (QED) is 0.739. The summed E-state index contributed by atoms with van der Waals surface area (Å²) >= 11 is 0. The summed E-state index contributed by atoms with van der Waals surface area (Å²) in [5, 5.41) is 2.94. The molecule has 0 saturated carbocycles. The normalized spacial score (nSPS) is 14.3. The molecule has 3 aromatic rings. The summed E-state index contributed by atoms with van der Waals surface area (Å²) in [5.41, 5.74) is 3.09. The van der Waals surface area contributed by atoms with Crippen LogP contribution in [0.3, 0.4) is 0 Å². The SMILES string of the molecule is CCc1ccc(NC(=O)N2CCN(c3nc4cccnc4n(C)c3=O)CC2)cc1. The van der Waals surface area contributed by atoms with E-state index in [-0.39, 0.29) is 11.6 Å². The third-order valence-electron chi connectivity index (χ3n) is 5.29. The maximum atomic E-state index is 12.7. The molecule has 150 valence electrons. The minimum atomic E-state index is -0.176. The molecule has 29 heavy (non-hydrogen) atoms. The first-order valence-electron chi connectivity index (χ1n) is 9.78. The van der Waals surface area contributed by atoms with Gasteiger partial charge in [-0.1, -0.05) is 19.1 Å². The van der Waals surface area contributed by atoms with Crippen molar-refractivity contribution in [2.45, 2.75) is 13.3 Å². The zero-order chi connectivity index (χ0) is 20.4. The number of hydrogen-bond acceptors (Lipinski definition) is 5. The first kappa shape index (κ1) is 18.9. The topological polar surface area (TPSA) is 83.4 Å². The van der Waals surface area contributed by atoms with Crippen LogP contribution in [0.5, 0.6) is 0 Å². The first-order chi connectivity index (χ1) is 14.1. The lowest BCUT2D eigenvalue weighted by molar-refractivity contribution is 0.208. The lowest BCUT2D eigenvalue weighted by Crippen LogP contribution is -2.51. The molecule has 1 aliphatic heterocycles. The van der Waals surface area contributed by atoms with E-state index < -0.39 is 0 Å². The fraction of sp³-hybridized carbons (Fsp3) is 0.333. The maximum absolute atomic E-state index is 12.7. The van der Waals surface area contributed by atoms with Gasteiger partial charge in [0.2, 0.25) is 0 Å². The molecular formula is C21H24N6O2. The summed E-state index contributed by atoms with van der Waals surface area (Å²) in [6, 6.07) is 11.4. The Morgan fingerprint density at radius 3 is 2.52 bits per heavy atom. The van der Waals surface area contributed by atoms with E-state index in [1.54, 1.807) is 24.2 Å². The smallest absolute Gasteiger partial charge is 0.321 e. The Morgan fingerprint density at radius 1 is 1.10 bits per heavy atom. The molecule has 8 heteroatoms. The summed E-state index contributed by atoms with van der Waals surface area (Å²) < 4.78 is 1.52. The molecule has 0 atom stereocenters. The molecular weight excluding hydrogens is 368 g/mol. The van der Waals surface area contributed by atoms with Crippen molar-refractivity contribution in [2.75, 3.05) is 36.4 Å². The van der Waals surface area contributed by atoms with Crippen LogP contribution in [-0.2, 0) is 13.5 Å². The standard InChI is InChI=1S/C21H24N6O2/c1-3-15-6-8-16(9-7-15)23-21(29)27-13-11-26(12-14-27)19-20(28)25(2)18-17(24-19)5-4-10-22-18/h4-10H,3,11-14H2,1-2H3,(H,23,29). The minimum Gasteiger partial charge on any atom is -0.348 e. The number of aryl methyl sites for hydroxylation is 2. The van der Waals surface area contributed by atoms with Gasteiger partial charge >= 0.3 is 6.03 Å². The van der Waals surface area contributed by atoms with E-state index in [2.05, 4.69) is 22.2 Å². The van der Waals surface area contributed by atoms with Gasteiger partial charge in [0.25, 0.3) is 5.56 Å². The van der Waals surface area contributed by atoms with Gasteiger partial charge in [-0.15, -0.1) is 0 Å². The molecule has 0 bridgehead atoms. The van der Waals surface area contributed by atoms with Gasteiger partial charge in [0.15, 0.2) is 11.5 Å². The summed E-state index contributed by atoms with van der Waals surface area (Å²) in [6.07, 6.45) is 2.62. The van der Waals surface area contributed by atoms with Crippen LogP contribution < -0.4 is 15.8 Å². The van der Waals surface area contributed by atoms with Crippen molar-refractivity contribution in [3.8, 4) is 0 Å². The largest absolute Gasteiger partial charge is 0.348 e. The third kappa shape index (κ3) is 3.78. The highest BCUT2D eigenvalue weighted by Gasteiger charge is 2.24. The molecule has 1 aliphatic rings. The zero-order valence-corrected chi connectivity index (χ0v) is 16.6. The second-order valence-electron chi connectivity index (χ2n) is 7.10. The van der Waals surface area contributed by atoms with Gasteiger partial charge in [-0.2, -0.15) is 0 Å². The fourth-order valence-corrected chi connectivity index (χ4v) is 3.50. The average Bonchev–Trinajstić information content (AvgIpc) is 2.77. The number of aromatic nitrogens is 3. The van der Waals surface area contributed by atoms with E-state index in [9.17, 15) is 9.59 Å². The summed E-state index contributed by atoms with van der Waals surface area (Å²) in [7, 11) is 1.70. The molecule has 8 nitrogen and oxygen atoms in total. The number of piperazine rings is 1. The predicted octanol–water partition coefficient (Wildman–Crippen LogP) is 2.25. The molecule has 2 aromatic heterocycles. The van der Waals surface area contributed by atoms with Crippen LogP contribution in [0.25, 0.3) is 11.2 Å². The molecule has 2 amide bonds. The Labute approximate surface area is 168 Å². The van der Waals surface area contributed by atoms with Crippen LogP contribution in [-0.4, -0.2) is 51.6 Å². The van der Waals surface area contributed by atoms with Gasteiger partial charge in [0.1, 0.15) is 5.52 Å². The number of rotatable bonds is 3. The number of fused-ring (bicyclic) bond motifs is 1. The number of benzene rings is 1. The number of carbonyl (C=O) groups excluding carboxylic acids is 1. The number of urea groups is 1. The number of carbonyl (C=O) groups is 1. The maximum Gasteiger partial charge on any atom is 0.321 e. The second-order valence-corrected chi connectivity index (χ2v) is 7.10. The highest BCUT2D eigenvalue weighted by molar-refractivity contribution is 5.89. The zero-order valence-electron chi connectivity index (χ0n) is 16.6. The second kappa shape index (κ2) is 7.90. The average molecular weight is 392 g/mol. The van der Waals surface area contributed by atoms with E-state index in [1.807, 2.05) is 35.2 Å². The number of hydrogen-bond donors (Lipinski definition) is 1. The van der Waals surface area contributed by atoms with Gasteiger partial charge in [0.05, 0.1) is 0 Å². The van der Waals surface area contributed by atoms with Crippen LogP contribution >= 0.6 is 0 Å². The van der Waals surface area contributed by atoms with Crippen molar-refractivity contribution < 1.29 is 4.79 Å². The molecule has 3 heterocycles. The molecule has 1 fully saturated rings. The molecule has 0 unspecified atom stereocenters. The highest BCUT2D eigenvalue weighted by Crippen LogP contribution is 2.15.